The first-order valence-corrected chi connectivity index (χ1v) is 6.87. The van der Waals surface area contributed by atoms with E-state index in [2.05, 4.69) is 5.32 Å². The van der Waals surface area contributed by atoms with Crippen LogP contribution in [0.3, 0.4) is 0 Å². The van der Waals surface area contributed by atoms with Crippen LogP contribution in [0.1, 0.15) is 42.5 Å². The smallest absolute Gasteiger partial charge is 0.318 e. The van der Waals surface area contributed by atoms with Gasteiger partial charge in [-0.15, -0.1) is 0 Å². The minimum Gasteiger partial charge on any atom is -0.502 e. The van der Waals surface area contributed by atoms with E-state index < -0.39 is 38.4 Å². The van der Waals surface area contributed by atoms with Gasteiger partial charge in [-0.3, -0.25) is 25.0 Å². The van der Waals surface area contributed by atoms with Crippen LogP contribution in [-0.4, -0.2) is 26.9 Å². The first kappa shape index (κ1) is 15.7. The number of benzene rings is 1. The molecule has 1 saturated carbocycles. The molecule has 9 nitrogen and oxygen atoms in total. The zero-order chi connectivity index (χ0) is 16.3. The molecule has 0 radical (unpaired) electrons. The highest BCUT2D eigenvalue weighted by atomic mass is 16.6. The maximum Gasteiger partial charge on any atom is 0.318 e. The Morgan fingerprint density at radius 1 is 1.14 bits per heavy atom. The van der Waals surface area contributed by atoms with Crippen LogP contribution in [-0.2, 0) is 0 Å². The SMILES string of the molecule is O=C(NC1CCCCC1)c1cc([N+](=O)[O-])cc([N+](=O)[O-])c1O. The lowest BCUT2D eigenvalue weighted by atomic mass is 9.95. The van der Waals surface area contributed by atoms with E-state index in [4.69, 9.17) is 0 Å². The van der Waals surface area contributed by atoms with Gasteiger partial charge in [-0.1, -0.05) is 19.3 Å². The van der Waals surface area contributed by atoms with Crippen molar-refractivity contribution in [1.82, 2.24) is 5.32 Å². The first-order valence-electron chi connectivity index (χ1n) is 6.87. The van der Waals surface area contributed by atoms with E-state index in [1.807, 2.05) is 0 Å². The highest BCUT2D eigenvalue weighted by molar-refractivity contribution is 5.99. The number of hydrogen-bond donors (Lipinski definition) is 2. The number of phenols is 1. The third-order valence-corrected chi connectivity index (χ3v) is 3.67. The predicted molar refractivity (Wildman–Crippen MR) is 75.8 cm³/mol. The summed E-state index contributed by atoms with van der Waals surface area (Å²) < 4.78 is 0. The quantitative estimate of drug-likeness (QED) is 0.646. The average Bonchev–Trinajstić information content (AvgIpc) is 2.47. The van der Waals surface area contributed by atoms with Crippen LogP contribution < -0.4 is 5.32 Å². The van der Waals surface area contributed by atoms with Gasteiger partial charge in [0.2, 0.25) is 5.75 Å². The largest absolute Gasteiger partial charge is 0.502 e. The van der Waals surface area contributed by atoms with E-state index in [0.717, 1.165) is 38.2 Å². The number of non-ortho nitro benzene ring substituents is 1. The van der Waals surface area contributed by atoms with Crippen molar-refractivity contribution in [1.29, 1.82) is 0 Å². The highest BCUT2D eigenvalue weighted by Crippen LogP contribution is 2.34. The van der Waals surface area contributed by atoms with E-state index in [1.165, 1.54) is 0 Å². The van der Waals surface area contributed by atoms with E-state index >= 15 is 0 Å². The van der Waals surface area contributed by atoms with Crippen molar-refractivity contribution in [2.45, 2.75) is 38.1 Å². The number of aromatic hydroxyl groups is 1. The molecule has 2 rings (SSSR count). The van der Waals surface area contributed by atoms with E-state index in [-0.39, 0.29) is 6.04 Å². The monoisotopic (exact) mass is 309 g/mol. The molecule has 118 valence electrons. The number of hydrogen-bond acceptors (Lipinski definition) is 6. The summed E-state index contributed by atoms with van der Waals surface area (Å²) >= 11 is 0. The number of phenolic OH excluding ortho intramolecular Hbond substituents is 1. The molecule has 1 fully saturated rings. The van der Waals surface area contributed by atoms with Crippen LogP contribution in [0.5, 0.6) is 5.75 Å². The highest BCUT2D eigenvalue weighted by Gasteiger charge is 2.28. The lowest BCUT2D eigenvalue weighted by Crippen LogP contribution is -2.36. The minimum atomic E-state index is -0.959. The standard InChI is InChI=1S/C13H15N3O6/c17-12-10(13(18)14-8-4-2-1-3-5-8)6-9(15(19)20)7-11(12)16(21)22/h6-8,17H,1-5H2,(H,14,18). The lowest BCUT2D eigenvalue weighted by molar-refractivity contribution is -0.394. The van der Waals surface area contributed by atoms with Crippen LogP contribution in [0.4, 0.5) is 11.4 Å². The van der Waals surface area contributed by atoms with Crippen molar-refractivity contribution in [2.75, 3.05) is 0 Å². The first-order chi connectivity index (χ1) is 10.4. The Labute approximate surface area is 125 Å². The molecule has 0 unspecified atom stereocenters. The number of carbonyl (C=O) groups excluding carboxylic acids is 1. The normalized spacial score (nSPS) is 15.3. The van der Waals surface area contributed by atoms with E-state index in [1.54, 1.807) is 0 Å². The van der Waals surface area contributed by atoms with Gasteiger partial charge < -0.3 is 10.4 Å². The minimum absolute atomic E-state index is 0.0843. The molecule has 0 atom stereocenters. The summed E-state index contributed by atoms with van der Waals surface area (Å²) in [6.45, 7) is 0. The van der Waals surface area contributed by atoms with Gasteiger partial charge in [0.05, 0.1) is 21.5 Å². The van der Waals surface area contributed by atoms with Crippen molar-refractivity contribution in [3.8, 4) is 5.75 Å². The fraction of sp³-hybridized carbons (Fsp3) is 0.462. The molecule has 1 amide bonds. The van der Waals surface area contributed by atoms with Crippen molar-refractivity contribution in [2.24, 2.45) is 0 Å². The summed E-state index contributed by atoms with van der Waals surface area (Å²) in [7, 11) is 0. The predicted octanol–water partition coefficient (Wildman–Crippen LogP) is 2.27. The maximum absolute atomic E-state index is 12.2. The van der Waals surface area contributed by atoms with E-state index in [9.17, 15) is 30.1 Å². The van der Waals surface area contributed by atoms with Crippen molar-refractivity contribution in [3.63, 3.8) is 0 Å². The average molecular weight is 309 g/mol. The molecule has 0 heterocycles. The number of rotatable bonds is 4. The number of nitrogens with one attached hydrogen (secondary N) is 1. The van der Waals surface area contributed by atoms with Gasteiger partial charge in [0, 0.05) is 12.1 Å². The van der Waals surface area contributed by atoms with Crippen LogP contribution >= 0.6 is 0 Å². The molecule has 0 aromatic heterocycles. The van der Waals surface area contributed by atoms with Gasteiger partial charge in [0.15, 0.2) is 0 Å². The molecule has 1 aromatic carbocycles. The number of nitro groups is 2. The summed E-state index contributed by atoms with van der Waals surface area (Å²) in [5.74, 6) is -1.60. The molecule has 0 saturated heterocycles. The molecular weight excluding hydrogens is 294 g/mol. The molecule has 1 aromatic rings. The van der Waals surface area contributed by atoms with Crippen LogP contribution in [0, 0.1) is 20.2 Å². The third-order valence-electron chi connectivity index (χ3n) is 3.67. The number of nitro benzene ring substituents is 2. The van der Waals surface area contributed by atoms with Crippen LogP contribution in [0.25, 0.3) is 0 Å². The Morgan fingerprint density at radius 2 is 1.77 bits per heavy atom. The van der Waals surface area contributed by atoms with Crippen molar-refractivity contribution >= 4 is 17.3 Å². The van der Waals surface area contributed by atoms with Crippen molar-refractivity contribution < 1.29 is 19.7 Å². The molecule has 2 N–H and O–H groups in total. The molecule has 1 aliphatic rings. The lowest BCUT2D eigenvalue weighted by Gasteiger charge is -2.22. The Balaban J connectivity index is 2.33. The Kier molecular flexibility index (Phi) is 4.54. The third kappa shape index (κ3) is 3.30. The van der Waals surface area contributed by atoms with E-state index in [0.29, 0.717) is 6.07 Å². The fourth-order valence-corrected chi connectivity index (χ4v) is 2.53. The van der Waals surface area contributed by atoms with Gasteiger partial charge in [-0.2, -0.15) is 0 Å². The topological polar surface area (TPSA) is 136 Å². The Bertz CT molecular complexity index is 624. The second-order valence-corrected chi connectivity index (χ2v) is 5.18. The van der Waals surface area contributed by atoms with Crippen LogP contribution in [0.2, 0.25) is 0 Å². The molecule has 1 aliphatic carbocycles. The Morgan fingerprint density at radius 3 is 2.32 bits per heavy atom. The summed E-state index contributed by atoms with van der Waals surface area (Å²) in [6, 6.07) is 1.40. The molecule has 9 heteroatoms. The molecule has 22 heavy (non-hydrogen) atoms. The van der Waals surface area contributed by atoms with Crippen LogP contribution in [0.15, 0.2) is 12.1 Å². The zero-order valence-corrected chi connectivity index (χ0v) is 11.7. The van der Waals surface area contributed by atoms with Gasteiger partial charge >= 0.3 is 5.69 Å². The molecular formula is C13H15N3O6. The Hall–Kier alpha value is -2.71. The van der Waals surface area contributed by atoms with Gasteiger partial charge in [0.25, 0.3) is 11.6 Å². The summed E-state index contributed by atoms with van der Waals surface area (Å²) in [5, 5.41) is 34.2. The summed E-state index contributed by atoms with van der Waals surface area (Å²) in [5.41, 5.74) is -1.92. The number of nitrogens with zero attached hydrogens (tertiary/aromatic N) is 2. The fourth-order valence-electron chi connectivity index (χ4n) is 2.53. The van der Waals surface area contributed by atoms with Gasteiger partial charge in [-0.05, 0) is 12.8 Å². The van der Waals surface area contributed by atoms with Gasteiger partial charge in [-0.25, -0.2) is 0 Å². The van der Waals surface area contributed by atoms with Crippen molar-refractivity contribution in [3.05, 3.63) is 37.9 Å². The summed E-state index contributed by atoms with van der Waals surface area (Å²) in [4.78, 5) is 32.0. The second kappa shape index (κ2) is 6.37. The molecule has 0 bridgehead atoms. The number of carbonyl (C=O) groups is 1. The second-order valence-electron chi connectivity index (χ2n) is 5.18. The molecule has 0 spiro atoms. The molecule has 0 aliphatic heterocycles. The van der Waals surface area contributed by atoms with Gasteiger partial charge in [0.1, 0.15) is 0 Å². The maximum atomic E-state index is 12.2. The number of amides is 1. The summed E-state index contributed by atoms with van der Waals surface area (Å²) in [6.07, 6.45) is 4.57. The zero-order valence-electron chi connectivity index (χ0n) is 11.7.